The number of para-hydroxylation sites is 1. The number of carboxylic acid groups (broad SMARTS) is 1. The predicted molar refractivity (Wildman–Crippen MR) is 85.1 cm³/mol. The molecule has 122 valence electrons. The maximum Gasteiger partial charge on any atom is 0.323 e. The van der Waals surface area contributed by atoms with Crippen LogP contribution < -0.4 is 5.56 Å². The topological polar surface area (TPSA) is 92.5 Å². The second-order valence-electron chi connectivity index (χ2n) is 5.37. The molecule has 0 aliphatic rings. The van der Waals surface area contributed by atoms with Crippen LogP contribution in [0.3, 0.4) is 0 Å². The maximum atomic E-state index is 12.4. The fraction of sp³-hybridized carbons (Fsp3) is 0.375. The first-order valence-electron chi connectivity index (χ1n) is 7.39. The summed E-state index contributed by atoms with van der Waals surface area (Å²) >= 11 is 0. The molecule has 0 radical (unpaired) electrons. The molecule has 1 aromatic heterocycles. The summed E-state index contributed by atoms with van der Waals surface area (Å²) in [5.41, 5.74) is 0.244. The van der Waals surface area contributed by atoms with Gasteiger partial charge in [0, 0.05) is 6.04 Å². The molecule has 0 aliphatic carbocycles. The molecule has 0 saturated carbocycles. The predicted octanol–water partition coefficient (Wildman–Crippen LogP) is 1.11. The molecule has 1 heterocycles. The third-order valence-electron chi connectivity index (χ3n) is 3.79. The van der Waals surface area contributed by atoms with E-state index >= 15 is 0 Å². The Kier molecular flexibility index (Phi) is 5.10. The Morgan fingerprint density at radius 2 is 2.04 bits per heavy atom. The van der Waals surface area contributed by atoms with Crippen molar-refractivity contribution < 1.29 is 14.7 Å². The lowest BCUT2D eigenvalue weighted by Gasteiger charge is -2.27. The average molecular weight is 317 g/mol. The van der Waals surface area contributed by atoms with Crippen molar-refractivity contribution >= 4 is 22.8 Å². The molecule has 0 saturated heterocycles. The first kappa shape index (κ1) is 16.7. The van der Waals surface area contributed by atoms with E-state index in [1.165, 1.54) is 15.8 Å². The van der Waals surface area contributed by atoms with Gasteiger partial charge in [-0.2, -0.15) is 0 Å². The second-order valence-corrected chi connectivity index (χ2v) is 5.37. The molecule has 1 atom stereocenters. The Balaban J connectivity index is 2.29. The molecule has 0 fully saturated rings. The minimum absolute atomic E-state index is 0.220. The van der Waals surface area contributed by atoms with Crippen molar-refractivity contribution in [1.29, 1.82) is 0 Å². The van der Waals surface area contributed by atoms with E-state index in [0.717, 1.165) is 0 Å². The van der Waals surface area contributed by atoms with E-state index in [2.05, 4.69) is 4.98 Å². The Morgan fingerprint density at radius 3 is 2.70 bits per heavy atom. The van der Waals surface area contributed by atoms with Gasteiger partial charge in [0.25, 0.3) is 5.56 Å². The Morgan fingerprint density at radius 1 is 1.35 bits per heavy atom. The molecule has 2 aromatic rings. The summed E-state index contributed by atoms with van der Waals surface area (Å²) in [6, 6.07) is 6.66. The first-order valence-corrected chi connectivity index (χ1v) is 7.39. The third kappa shape index (κ3) is 3.74. The fourth-order valence-electron chi connectivity index (χ4n) is 2.31. The van der Waals surface area contributed by atoms with Crippen molar-refractivity contribution in [2.75, 3.05) is 6.54 Å². The van der Waals surface area contributed by atoms with Crippen molar-refractivity contribution in [2.45, 2.75) is 32.9 Å². The van der Waals surface area contributed by atoms with Gasteiger partial charge in [-0.1, -0.05) is 19.1 Å². The molecule has 1 N–H and O–H groups in total. The largest absolute Gasteiger partial charge is 0.480 e. The van der Waals surface area contributed by atoms with Crippen LogP contribution >= 0.6 is 0 Å². The van der Waals surface area contributed by atoms with Crippen LogP contribution in [0.25, 0.3) is 10.9 Å². The van der Waals surface area contributed by atoms with Gasteiger partial charge in [-0.25, -0.2) is 4.98 Å². The van der Waals surface area contributed by atoms with E-state index in [0.29, 0.717) is 17.3 Å². The average Bonchev–Trinajstić information content (AvgIpc) is 2.54. The number of rotatable bonds is 6. The molecular weight excluding hydrogens is 298 g/mol. The SMILES string of the molecule is CCC(C)N(CC(=O)O)C(=O)Cn1cnc2ccccc2c1=O. The maximum absolute atomic E-state index is 12.4. The van der Waals surface area contributed by atoms with Gasteiger partial charge in [-0.05, 0) is 25.5 Å². The standard InChI is InChI=1S/C16H19N3O4/c1-3-11(2)19(9-15(21)22)14(20)8-18-10-17-13-7-5-4-6-12(13)16(18)23/h4-7,10-11H,3,8-9H2,1-2H3,(H,21,22). The number of fused-ring (bicyclic) bond motifs is 1. The van der Waals surface area contributed by atoms with E-state index in [1.54, 1.807) is 31.2 Å². The van der Waals surface area contributed by atoms with E-state index in [4.69, 9.17) is 5.11 Å². The van der Waals surface area contributed by atoms with Crippen molar-refractivity contribution in [3.63, 3.8) is 0 Å². The monoisotopic (exact) mass is 317 g/mol. The quantitative estimate of drug-likeness (QED) is 0.861. The first-order chi connectivity index (χ1) is 10.9. The number of benzene rings is 1. The second kappa shape index (κ2) is 7.04. The van der Waals surface area contributed by atoms with Gasteiger partial charge in [0.1, 0.15) is 13.1 Å². The van der Waals surface area contributed by atoms with Crippen molar-refractivity contribution in [2.24, 2.45) is 0 Å². The summed E-state index contributed by atoms with van der Waals surface area (Å²) in [7, 11) is 0. The lowest BCUT2D eigenvalue weighted by molar-refractivity contribution is -0.146. The van der Waals surface area contributed by atoms with Gasteiger partial charge >= 0.3 is 5.97 Å². The molecule has 1 amide bonds. The lowest BCUT2D eigenvalue weighted by Crippen LogP contribution is -2.44. The van der Waals surface area contributed by atoms with Crippen LogP contribution in [0, 0.1) is 0 Å². The molecule has 7 heteroatoms. The Bertz CT molecular complexity index is 784. The Labute approximate surface area is 133 Å². The van der Waals surface area contributed by atoms with Crippen LogP contribution in [0.15, 0.2) is 35.4 Å². The molecule has 1 aromatic carbocycles. The van der Waals surface area contributed by atoms with E-state index in [1.807, 2.05) is 6.92 Å². The number of hydrogen-bond acceptors (Lipinski definition) is 4. The number of carbonyl (C=O) groups is 2. The summed E-state index contributed by atoms with van der Waals surface area (Å²) in [5, 5.41) is 9.39. The number of aromatic nitrogens is 2. The van der Waals surface area contributed by atoms with E-state index in [-0.39, 0.29) is 24.7 Å². The number of amides is 1. The highest BCUT2D eigenvalue weighted by Crippen LogP contribution is 2.07. The van der Waals surface area contributed by atoms with Gasteiger partial charge in [0.2, 0.25) is 5.91 Å². The van der Waals surface area contributed by atoms with Crippen LogP contribution in [-0.2, 0) is 16.1 Å². The van der Waals surface area contributed by atoms with E-state index in [9.17, 15) is 14.4 Å². The van der Waals surface area contributed by atoms with Crippen LogP contribution in [0.1, 0.15) is 20.3 Å². The van der Waals surface area contributed by atoms with Crippen LogP contribution in [0.5, 0.6) is 0 Å². The molecule has 7 nitrogen and oxygen atoms in total. The Hall–Kier alpha value is -2.70. The number of hydrogen-bond donors (Lipinski definition) is 1. The fourth-order valence-corrected chi connectivity index (χ4v) is 2.31. The molecular formula is C16H19N3O4. The zero-order chi connectivity index (χ0) is 17.0. The van der Waals surface area contributed by atoms with Gasteiger partial charge in [0.05, 0.1) is 17.2 Å². The number of nitrogens with zero attached hydrogens (tertiary/aromatic N) is 3. The normalized spacial score (nSPS) is 12.1. The summed E-state index contributed by atoms with van der Waals surface area (Å²) in [6.45, 7) is 3.04. The van der Waals surface area contributed by atoms with Crippen LogP contribution in [0.4, 0.5) is 0 Å². The zero-order valence-corrected chi connectivity index (χ0v) is 13.1. The zero-order valence-electron chi connectivity index (χ0n) is 13.1. The summed E-state index contributed by atoms with van der Waals surface area (Å²) in [5.74, 6) is -1.50. The van der Waals surface area contributed by atoms with Crippen molar-refractivity contribution in [3.05, 3.63) is 40.9 Å². The number of carboxylic acids is 1. The number of carbonyl (C=O) groups excluding carboxylic acids is 1. The summed E-state index contributed by atoms with van der Waals surface area (Å²) in [4.78, 5) is 41.2. The smallest absolute Gasteiger partial charge is 0.323 e. The molecule has 0 aliphatic heterocycles. The molecule has 1 unspecified atom stereocenters. The van der Waals surface area contributed by atoms with Crippen molar-refractivity contribution in [3.8, 4) is 0 Å². The molecule has 23 heavy (non-hydrogen) atoms. The highest BCUT2D eigenvalue weighted by molar-refractivity contribution is 5.82. The van der Waals surface area contributed by atoms with E-state index < -0.39 is 11.9 Å². The van der Waals surface area contributed by atoms with Gasteiger partial charge < -0.3 is 10.0 Å². The highest BCUT2D eigenvalue weighted by Gasteiger charge is 2.22. The summed E-state index contributed by atoms with van der Waals surface area (Å²) in [6.07, 6.45) is 1.95. The summed E-state index contributed by atoms with van der Waals surface area (Å²) < 4.78 is 1.21. The minimum Gasteiger partial charge on any atom is -0.480 e. The van der Waals surface area contributed by atoms with Gasteiger partial charge in [-0.15, -0.1) is 0 Å². The molecule has 2 rings (SSSR count). The minimum atomic E-state index is -1.08. The number of aliphatic carboxylic acids is 1. The molecule has 0 spiro atoms. The van der Waals surface area contributed by atoms with Gasteiger partial charge in [0.15, 0.2) is 0 Å². The van der Waals surface area contributed by atoms with Crippen LogP contribution in [0.2, 0.25) is 0 Å². The third-order valence-corrected chi connectivity index (χ3v) is 3.79. The lowest BCUT2D eigenvalue weighted by atomic mass is 10.2. The highest BCUT2D eigenvalue weighted by atomic mass is 16.4. The van der Waals surface area contributed by atoms with Gasteiger partial charge in [-0.3, -0.25) is 19.0 Å². The van der Waals surface area contributed by atoms with Crippen LogP contribution in [-0.4, -0.2) is 44.0 Å². The van der Waals surface area contributed by atoms with Crippen molar-refractivity contribution in [1.82, 2.24) is 14.5 Å². The molecule has 0 bridgehead atoms.